The first-order valence-corrected chi connectivity index (χ1v) is 8.11. The SMILES string of the molecule is CC1(O)CN(S(=O)(=O)c2ccc(C(C)(C)C)s2)C1. The maximum absolute atomic E-state index is 12.3. The molecular weight excluding hydrogens is 270 g/mol. The lowest BCUT2D eigenvalue weighted by Crippen LogP contribution is -2.61. The lowest BCUT2D eigenvalue weighted by Gasteiger charge is -2.42. The van der Waals surface area contributed by atoms with E-state index >= 15 is 0 Å². The van der Waals surface area contributed by atoms with Crippen molar-refractivity contribution in [3.8, 4) is 0 Å². The van der Waals surface area contributed by atoms with Crippen molar-refractivity contribution >= 4 is 21.4 Å². The third-order valence-electron chi connectivity index (χ3n) is 2.95. The van der Waals surface area contributed by atoms with Crippen LogP contribution in [0, 0.1) is 0 Å². The van der Waals surface area contributed by atoms with Crippen molar-refractivity contribution < 1.29 is 13.5 Å². The molecule has 0 saturated carbocycles. The summed E-state index contributed by atoms with van der Waals surface area (Å²) in [6, 6.07) is 3.53. The van der Waals surface area contributed by atoms with Gasteiger partial charge in [-0.15, -0.1) is 11.3 Å². The Kier molecular flexibility index (Phi) is 3.13. The summed E-state index contributed by atoms with van der Waals surface area (Å²) in [5, 5.41) is 9.63. The van der Waals surface area contributed by atoms with Crippen molar-refractivity contribution in [1.82, 2.24) is 4.31 Å². The molecule has 0 amide bonds. The van der Waals surface area contributed by atoms with Crippen LogP contribution in [0.2, 0.25) is 0 Å². The van der Waals surface area contributed by atoms with Crippen LogP contribution >= 0.6 is 11.3 Å². The average Bonchev–Trinajstić information content (AvgIpc) is 2.61. The Morgan fingerprint density at radius 1 is 1.33 bits per heavy atom. The number of rotatable bonds is 2. The topological polar surface area (TPSA) is 57.6 Å². The number of β-amino-alcohol motifs (C(OH)–C–C–N with tert-alkyl or cyclic N) is 1. The van der Waals surface area contributed by atoms with E-state index in [0.29, 0.717) is 4.21 Å². The number of sulfonamides is 1. The fraction of sp³-hybridized carbons (Fsp3) is 0.667. The molecule has 1 fully saturated rings. The number of nitrogens with zero attached hydrogens (tertiary/aromatic N) is 1. The summed E-state index contributed by atoms with van der Waals surface area (Å²) in [5.41, 5.74) is -0.921. The van der Waals surface area contributed by atoms with Gasteiger partial charge in [0.25, 0.3) is 10.0 Å². The molecule has 0 aliphatic carbocycles. The molecule has 1 saturated heterocycles. The van der Waals surface area contributed by atoms with Gasteiger partial charge < -0.3 is 5.11 Å². The summed E-state index contributed by atoms with van der Waals surface area (Å²) in [5.74, 6) is 0. The Morgan fingerprint density at radius 2 is 1.89 bits per heavy atom. The van der Waals surface area contributed by atoms with Gasteiger partial charge >= 0.3 is 0 Å². The number of aliphatic hydroxyl groups is 1. The molecule has 0 spiro atoms. The standard InChI is InChI=1S/C12H19NO3S2/c1-11(2,3)9-5-6-10(17-9)18(15,16)13-7-12(4,14)8-13/h5-6,14H,7-8H2,1-4H3. The Hall–Kier alpha value is -0.430. The van der Waals surface area contributed by atoms with E-state index in [2.05, 4.69) is 20.8 Å². The molecule has 0 radical (unpaired) electrons. The molecule has 1 aromatic heterocycles. The first-order chi connectivity index (χ1) is 8.02. The zero-order valence-electron chi connectivity index (χ0n) is 11.1. The third kappa shape index (κ3) is 2.47. The molecule has 2 rings (SSSR count). The minimum atomic E-state index is -3.42. The smallest absolute Gasteiger partial charge is 0.252 e. The zero-order valence-corrected chi connectivity index (χ0v) is 12.7. The van der Waals surface area contributed by atoms with E-state index in [-0.39, 0.29) is 18.5 Å². The highest BCUT2D eigenvalue weighted by Crippen LogP contribution is 2.35. The van der Waals surface area contributed by atoms with Gasteiger partial charge in [0.05, 0.1) is 5.60 Å². The van der Waals surface area contributed by atoms with Crippen molar-refractivity contribution in [2.75, 3.05) is 13.1 Å². The van der Waals surface area contributed by atoms with Crippen molar-refractivity contribution in [1.29, 1.82) is 0 Å². The highest BCUT2D eigenvalue weighted by molar-refractivity contribution is 7.91. The van der Waals surface area contributed by atoms with Crippen molar-refractivity contribution in [3.05, 3.63) is 17.0 Å². The molecule has 2 heterocycles. The third-order valence-corrected chi connectivity index (χ3v) is 6.72. The van der Waals surface area contributed by atoms with Gasteiger partial charge in [-0.1, -0.05) is 20.8 Å². The lowest BCUT2D eigenvalue weighted by atomic mass is 9.95. The van der Waals surface area contributed by atoms with Gasteiger partial charge in [0.2, 0.25) is 0 Å². The van der Waals surface area contributed by atoms with Crippen LogP contribution < -0.4 is 0 Å². The van der Waals surface area contributed by atoms with Crippen LogP contribution in [0.25, 0.3) is 0 Å². The largest absolute Gasteiger partial charge is 0.387 e. The van der Waals surface area contributed by atoms with Gasteiger partial charge in [0.1, 0.15) is 4.21 Å². The minimum Gasteiger partial charge on any atom is -0.387 e. The van der Waals surface area contributed by atoms with E-state index in [1.807, 2.05) is 6.07 Å². The zero-order chi connectivity index (χ0) is 13.8. The van der Waals surface area contributed by atoms with Gasteiger partial charge in [-0.25, -0.2) is 8.42 Å². The molecule has 0 bridgehead atoms. The fourth-order valence-corrected chi connectivity index (χ4v) is 5.07. The predicted octanol–water partition coefficient (Wildman–Crippen LogP) is 1.80. The maximum atomic E-state index is 12.3. The highest BCUT2D eigenvalue weighted by Gasteiger charge is 2.44. The second-order valence-electron chi connectivity index (χ2n) is 6.14. The summed E-state index contributed by atoms with van der Waals surface area (Å²) in [7, 11) is -3.42. The van der Waals surface area contributed by atoms with Gasteiger partial charge in [-0.2, -0.15) is 4.31 Å². The second-order valence-corrected chi connectivity index (χ2v) is 9.39. The summed E-state index contributed by atoms with van der Waals surface area (Å²) in [6.45, 7) is 8.18. The van der Waals surface area contributed by atoms with Crippen LogP contribution in [0.1, 0.15) is 32.6 Å². The average molecular weight is 289 g/mol. The van der Waals surface area contributed by atoms with Crippen molar-refractivity contribution in [2.24, 2.45) is 0 Å². The van der Waals surface area contributed by atoms with E-state index in [4.69, 9.17) is 0 Å². The maximum Gasteiger partial charge on any atom is 0.252 e. The highest BCUT2D eigenvalue weighted by atomic mass is 32.2. The Balaban J connectivity index is 2.24. The van der Waals surface area contributed by atoms with Crippen LogP contribution in [0.15, 0.2) is 16.3 Å². The molecule has 1 aromatic rings. The Morgan fingerprint density at radius 3 is 2.28 bits per heavy atom. The molecule has 6 heteroatoms. The molecule has 0 unspecified atom stereocenters. The summed E-state index contributed by atoms with van der Waals surface area (Å²) >= 11 is 1.31. The Bertz CT molecular complexity index is 544. The summed E-state index contributed by atoms with van der Waals surface area (Å²) in [4.78, 5) is 1.05. The number of hydrogen-bond donors (Lipinski definition) is 1. The van der Waals surface area contributed by atoms with Crippen LogP contribution in [0.5, 0.6) is 0 Å². The van der Waals surface area contributed by atoms with Crippen molar-refractivity contribution in [3.63, 3.8) is 0 Å². The molecule has 102 valence electrons. The Labute approximate surface area is 112 Å². The molecule has 1 aliphatic heterocycles. The van der Waals surface area contributed by atoms with Gasteiger partial charge in [-0.05, 0) is 24.5 Å². The van der Waals surface area contributed by atoms with Crippen LogP contribution in [0.4, 0.5) is 0 Å². The molecule has 1 N–H and O–H groups in total. The number of hydrogen-bond acceptors (Lipinski definition) is 4. The molecular formula is C12H19NO3S2. The predicted molar refractivity (Wildman–Crippen MR) is 72.4 cm³/mol. The van der Waals surface area contributed by atoms with E-state index in [9.17, 15) is 13.5 Å². The van der Waals surface area contributed by atoms with Crippen LogP contribution in [-0.4, -0.2) is 36.5 Å². The van der Waals surface area contributed by atoms with Gasteiger partial charge in [0, 0.05) is 18.0 Å². The summed E-state index contributed by atoms with van der Waals surface area (Å²) in [6.07, 6.45) is 0. The quantitative estimate of drug-likeness (QED) is 0.903. The van der Waals surface area contributed by atoms with Gasteiger partial charge in [-0.3, -0.25) is 0 Å². The monoisotopic (exact) mass is 289 g/mol. The van der Waals surface area contributed by atoms with E-state index < -0.39 is 15.6 Å². The van der Waals surface area contributed by atoms with Gasteiger partial charge in [0.15, 0.2) is 0 Å². The minimum absolute atomic E-state index is 0.0428. The van der Waals surface area contributed by atoms with Crippen LogP contribution in [0.3, 0.4) is 0 Å². The molecule has 18 heavy (non-hydrogen) atoms. The van der Waals surface area contributed by atoms with E-state index in [1.165, 1.54) is 15.6 Å². The first-order valence-electron chi connectivity index (χ1n) is 5.85. The molecule has 0 aromatic carbocycles. The second kappa shape index (κ2) is 4.03. The summed E-state index contributed by atoms with van der Waals surface area (Å²) < 4.78 is 26.2. The lowest BCUT2D eigenvalue weighted by molar-refractivity contribution is -0.0425. The molecule has 0 atom stereocenters. The fourth-order valence-electron chi connectivity index (χ4n) is 1.87. The van der Waals surface area contributed by atoms with Crippen LogP contribution in [-0.2, 0) is 15.4 Å². The molecule has 4 nitrogen and oxygen atoms in total. The normalized spacial score (nSPS) is 20.7. The molecule has 1 aliphatic rings. The van der Waals surface area contributed by atoms with Crippen molar-refractivity contribution in [2.45, 2.75) is 42.9 Å². The van der Waals surface area contributed by atoms with E-state index in [1.54, 1.807) is 13.0 Å². The van der Waals surface area contributed by atoms with E-state index in [0.717, 1.165) is 4.88 Å². The first kappa shape index (κ1) is 14.0. The number of thiophene rings is 1.